The van der Waals surface area contributed by atoms with Gasteiger partial charge in [-0.15, -0.1) is 0 Å². The maximum Gasteiger partial charge on any atom is 0.303 e. The molecule has 0 aliphatic heterocycles. The van der Waals surface area contributed by atoms with E-state index in [0.717, 1.165) is 5.52 Å². The summed E-state index contributed by atoms with van der Waals surface area (Å²) in [4.78, 5) is 44.5. The molecule has 0 fully saturated rings. The Kier molecular flexibility index (Phi) is 5.86. The van der Waals surface area contributed by atoms with Crippen LogP contribution in [-0.4, -0.2) is 49.5 Å². The van der Waals surface area contributed by atoms with Gasteiger partial charge >= 0.3 is 11.9 Å². The molecule has 152 valence electrons. The lowest BCUT2D eigenvalue weighted by Crippen LogP contribution is -2.18. The quantitative estimate of drug-likeness (QED) is 0.342. The van der Waals surface area contributed by atoms with Crippen LogP contribution < -0.4 is 0 Å². The molecule has 1 atom stereocenters. The molecule has 0 radical (unpaired) electrons. The second-order valence-electron chi connectivity index (χ2n) is 6.22. The smallest absolute Gasteiger partial charge is 0.303 e. The van der Waals surface area contributed by atoms with Gasteiger partial charge in [-0.2, -0.15) is 0 Å². The van der Waals surface area contributed by atoms with Crippen LogP contribution in [0.4, 0.5) is 0 Å². The van der Waals surface area contributed by atoms with Crippen molar-refractivity contribution in [2.45, 2.75) is 26.5 Å². The zero-order chi connectivity index (χ0) is 21.0. The third-order valence-corrected chi connectivity index (χ3v) is 4.05. The van der Waals surface area contributed by atoms with Crippen molar-refractivity contribution < 1.29 is 24.0 Å². The number of aromatic amines is 1. The predicted molar refractivity (Wildman–Crippen MR) is 100 cm³/mol. The molecule has 0 bridgehead atoms. The summed E-state index contributed by atoms with van der Waals surface area (Å²) < 4.78 is 11.9. The van der Waals surface area contributed by atoms with Crippen LogP contribution in [0.3, 0.4) is 0 Å². The Morgan fingerprint density at radius 1 is 1.28 bits per heavy atom. The molecule has 0 saturated heterocycles. The summed E-state index contributed by atoms with van der Waals surface area (Å²) in [6, 6.07) is 7.41. The van der Waals surface area contributed by atoms with Crippen molar-refractivity contribution in [1.82, 2.24) is 19.5 Å². The van der Waals surface area contributed by atoms with E-state index in [9.17, 15) is 19.7 Å². The number of hydrogen-bond donors (Lipinski definition) is 1. The van der Waals surface area contributed by atoms with Gasteiger partial charge in [0.05, 0.1) is 29.5 Å². The van der Waals surface area contributed by atoms with Crippen LogP contribution in [0.1, 0.15) is 25.6 Å². The number of nitro groups is 1. The molecule has 1 aromatic carbocycles. The number of nitrogens with zero attached hydrogens (tertiary/aromatic N) is 4. The number of rotatable bonds is 8. The summed E-state index contributed by atoms with van der Waals surface area (Å²) in [7, 11) is 0. The summed E-state index contributed by atoms with van der Waals surface area (Å²) >= 11 is 0. The molecule has 3 rings (SSSR count). The molecule has 3 aromatic rings. The highest BCUT2D eigenvalue weighted by Gasteiger charge is 2.25. The second kappa shape index (κ2) is 8.50. The summed E-state index contributed by atoms with van der Waals surface area (Å²) in [5, 5.41) is 10.9. The number of carbonyl (C=O) groups is 2. The minimum atomic E-state index is -1.09. The van der Waals surface area contributed by atoms with Gasteiger partial charge < -0.3 is 19.0 Å². The molecule has 11 nitrogen and oxygen atoms in total. The summed E-state index contributed by atoms with van der Waals surface area (Å²) in [5.74, 6) is -0.214. The third kappa shape index (κ3) is 4.75. The van der Waals surface area contributed by atoms with Crippen LogP contribution in [0, 0.1) is 10.1 Å². The van der Waals surface area contributed by atoms with Crippen molar-refractivity contribution in [2.75, 3.05) is 13.2 Å². The average molecular weight is 401 g/mol. The first kappa shape index (κ1) is 20.0. The van der Waals surface area contributed by atoms with Gasteiger partial charge in [-0.1, -0.05) is 12.1 Å². The molecule has 0 aliphatic rings. The van der Waals surface area contributed by atoms with Gasteiger partial charge in [0.1, 0.15) is 6.61 Å². The fourth-order valence-electron chi connectivity index (χ4n) is 2.91. The standard InChI is InChI=1S/C18H19N5O6/c1-11(24)28-8-7-22-15-6-4-3-5-13(15)21-18(22)17-19-9-14(20-17)16(10-23(26)27)29-12(2)25/h3-6,9,16H,7-8,10H2,1-2H3,(H,19,20). The number of fused-ring (bicyclic) bond motifs is 1. The van der Waals surface area contributed by atoms with Crippen molar-refractivity contribution in [1.29, 1.82) is 0 Å². The minimum Gasteiger partial charge on any atom is -0.464 e. The molecule has 2 aromatic heterocycles. The Hall–Kier alpha value is -3.76. The lowest BCUT2D eigenvalue weighted by atomic mass is 10.3. The van der Waals surface area contributed by atoms with Gasteiger partial charge in [-0.3, -0.25) is 19.7 Å². The van der Waals surface area contributed by atoms with Crippen LogP contribution in [0.25, 0.3) is 22.7 Å². The average Bonchev–Trinajstić information content (AvgIpc) is 3.25. The number of esters is 2. The highest BCUT2D eigenvalue weighted by Crippen LogP contribution is 2.25. The van der Waals surface area contributed by atoms with Gasteiger partial charge in [-0.05, 0) is 12.1 Å². The van der Waals surface area contributed by atoms with Crippen molar-refractivity contribution in [3.8, 4) is 11.6 Å². The summed E-state index contributed by atoms with van der Waals surface area (Å²) in [6.45, 7) is 2.40. The molecule has 2 heterocycles. The van der Waals surface area contributed by atoms with E-state index in [2.05, 4.69) is 15.0 Å². The first-order valence-electron chi connectivity index (χ1n) is 8.78. The summed E-state index contributed by atoms with van der Waals surface area (Å²) in [5.41, 5.74) is 1.81. The monoisotopic (exact) mass is 401 g/mol. The van der Waals surface area contributed by atoms with E-state index < -0.39 is 23.5 Å². The van der Waals surface area contributed by atoms with Crippen molar-refractivity contribution in [3.05, 3.63) is 46.3 Å². The van der Waals surface area contributed by atoms with E-state index in [1.807, 2.05) is 28.8 Å². The Balaban J connectivity index is 1.96. The molecule has 29 heavy (non-hydrogen) atoms. The summed E-state index contributed by atoms with van der Waals surface area (Å²) in [6.07, 6.45) is 0.282. The number of para-hydroxylation sites is 2. The largest absolute Gasteiger partial charge is 0.464 e. The molecule has 11 heteroatoms. The van der Waals surface area contributed by atoms with Crippen LogP contribution >= 0.6 is 0 Å². The first-order valence-corrected chi connectivity index (χ1v) is 8.78. The number of ether oxygens (including phenoxy) is 2. The van der Waals surface area contributed by atoms with E-state index in [4.69, 9.17) is 9.47 Å². The lowest BCUT2D eigenvalue weighted by molar-refractivity contribution is -0.491. The number of carbonyl (C=O) groups excluding carboxylic acids is 2. The Bertz CT molecular complexity index is 1040. The van der Waals surface area contributed by atoms with E-state index >= 15 is 0 Å². The fraction of sp³-hybridized carbons (Fsp3) is 0.333. The van der Waals surface area contributed by atoms with Crippen LogP contribution in [0.15, 0.2) is 30.5 Å². The number of H-pyrrole nitrogens is 1. The van der Waals surface area contributed by atoms with Gasteiger partial charge in [-0.25, -0.2) is 9.97 Å². The van der Waals surface area contributed by atoms with Gasteiger partial charge in [0.15, 0.2) is 11.6 Å². The number of nitrogens with one attached hydrogen (secondary N) is 1. The maximum atomic E-state index is 11.3. The Labute approximate surface area is 164 Å². The predicted octanol–water partition coefficient (Wildman–Crippen LogP) is 1.87. The lowest BCUT2D eigenvalue weighted by Gasteiger charge is -2.11. The molecular formula is C18H19N5O6. The third-order valence-electron chi connectivity index (χ3n) is 4.05. The number of aromatic nitrogens is 4. The highest BCUT2D eigenvalue weighted by atomic mass is 16.6. The van der Waals surface area contributed by atoms with E-state index in [1.54, 1.807) is 0 Å². The maximum absolute atomic E-state index is 11.3. The first-order chi connectivity index (χ1) is 13.8. The molecule has 0 spiro atoms. The minimum absolute atomic E-state index is 0.146. The molecule has 1 unspecified atom stereocenters. The molecular weight excluding hydrogens is 382 g/mol. The molecule has 0 aliphatic carbocycles. The number of benzene rings is 1. The van der Waals surface area contributed by atoms with Gasteiger partial charge in [0, 0.05) is 18.8 Å². The van der Waals surface area contributed by atoms with Crippen molar-refractivity contribution >= 4 is 23.0 Å². The van der Waals surface area contributed by atoms with E-state index in [-0.39, 0.29) is 18.3 Å². The number of hydrogen-bond acceptors (Lipinski definition) is 8. The molecule has 0 amide bonds. The van der Waals surface area contributed by atoms with E-state index in [1.165, 1.54) is 20.0 Å². The zero-order valence-corrected chi connectivity index (χ0v) is 15.8. The van der Waals surface area contributed by atoms with Gasteiger partial charge in [0.25, 0.3) is 0 Å². The normalized spacial score (nSPS) is 11.9. The van der Waals surface area contributed by atoms with Crippen LogP contribution in [-0.2, 0) is 25.6 Å². The van der Waals surface area contributed by atoms with Gasteiger partial charge in [0.2, 0.25) is 12.6 Å². The zero-order valence-electron chi connectivity index (χ0n) is 15.8. The Morgan fingerprint density at radius 2 is 2.03 bits per heavy atom. The van der Waals surface area contributed by atoms with Crippen molar-refractivity contribution in [3.63, 3.8) is 0 Å². The highest BCUT2D eigenvalue weighted by molar-refractivity contribution is 5.79. The molecule has 0 saturated carbocycles. The van der Waals surface area contributed by atoms with Crippen LogP contribution in [0.2, 0.25) is 0 Å². The molecule has 1 N–H and O–H groups in total. The second-order valence-corrected chi connectivity index (χ2v) is 6.22. The van der Waals surface area contributed by atoms with Crippen molar-refractivity contribution in [2.24, 2.45) is 0 Å². The topological polar surface area (TPSA) is 142 Å². The van der Waals surface area contributed by atoms with Crippen LogP contribution in [0.5, 0.6) is 0 Å². The SMILES string of the molecule is CC(=O)OCCn1c(-c2ncc(C(C[N+](=O)[O-])OC(C)=O)[nH]2)nc2ccccc21. The van der Waals surface area contributed by atoms with E-state index in [0.29, 0.717) is 23.7 Å². The Morgan fingerprint density at radius 3 is 2.72 bits per heavy atom. The number of imidazole rings is 2. The fourth-order valence-corrected chi connectivity index (χ4v) is 2.91.